The maximum atomic E-state index is 14.8. The number of nitrogens with one attached hydrogen (secondary N) is 1. The number of hydrogen-bond donors (Lipinski definition) is 2. The predicted molar refractivity (Wildman–Crippen MR) is 113 cm³/mol. The van der Waals surface area contributed by atoms with Gasteiger partial charge in [0.25, 0.3) is 0 Å². The van der Waals surface area contributed by atoms with E-state index in [0.717, 1.165) is 25.1 Å². The smallest absolute Gasteiger partial charge is 0.240 e. The van der Waals surface area contributed by atoms with E-state index in [1.54, 1.807) is 18.3 Å². The highest BCUT2D eigenvalue weighted by Gasteiger charge is 2.44. The normalized spacial score (nSPS) is 21.7. The first-order chi connectivity index (χ1) is 14.9. The summed E-state index contributed by atoms with van der Waals surface area (Å²) in [5.74, 6) is -0.243. The van der Waals surface area contributed by atoms with Gasteiger partial charge in [0.2, 0.25) is 11.8 Å². The van der Waals surface area contributed by atoms with Crippen LogP contribution in [0.5, 0.6) is 11.6 Å². The Morgan fingerprint density at radius 3 is 2.90 bits per heavy atom. The molecule has 2 aromatic heterocycles. The van der Waals surface area contributed by atoms with Crippen LogP contribution in [-0.2, 0) is 11.2 Å². The standard InChI is InChI=1S/C22H25FN6O2/c1-12-8-25-20-19(12)21(27-11-26-20)31-18-4-3-13(5-16(18)23)6-17(24)22(30)29-10-14-7-15(29)9-28(14)2/h3-5,8,11,14-15,17H,6-7,9-10,24H2,1-2H3,(H,25,26,27)/t14-,15-,17?/m0/s1. The molecule has 0 spiro atoms. The Kier molecular flexibility index (Phi) is 4.86. The molecule has 9 heteroatoms. The van der Waals surface area contributed by atoms with Crippen molar-refractivity contribution in [3.05, 3.63) is 47.7 Å². The number of piperazine rings is 1. The van der Waals surface area contributed by atoms with E-state index in [-0.39, 0.29) is 30.0 Å². The summed E-state index contributed by atoms with van der Waals surface area (Å²) in [7, 11) is 2.09. The monoisotopic (exact) mass is 424 g/mol. The average Bonchev–Trinajstić information content (AvgIpc) is 3.44. The lowest BCUT2D eigenvalue weighted by Gasteiger charge is -2.33. The summed E-state index contributed by atoms with van der Waals surface area (Å²) in [5, 5.41) is 0.712. The quantitative estimate of drug-likeness (QED) is 0.650. The molecule has 1 amide bonds. The molecule has 3 aromatic rings. The zero-order valence-electron chi connectivity index (χ0n) is 17.5. The molecule has 5 rings (SSSR count). The van der Waals surface area contributed by atoms with E-state index in [1.165, 1.54) is 12.4 Å². The molecule has 2 fully saturated rings. The molecule has 31 heavy (non-hydrogen) atoms. The van der Waals surface area contributed by atoms with E-state index in [2.05, 4.69) is 26.9 Å². The summed E-state index contributed by atoms with van der Waals surface area (Å²) in [6.45, 7) is 3.51. The number of carbonyl (C=O) groups excluding carboxylic acids is 1. The molecule has 162 valence electrons. The van der Waals surface area contributed by atoms with Crippen LogP contribution in [0.25, 0.3) is 11.0 Å². The van der Waals surface area contributed by atoms with Gasteiger partial charge in [0.1, 0.15) is 12.0 Å². The molecule has 3 atom stereocenters. The van der Waals surface area contributed by atoms with Gasteiger partial charge in [0.05, 0.1) is 11.4 Å². The number of benzene rings is 1. The number of aromatic nitrogens is 3. The van der Waals surface area contributed by atoms with E-state index in [9.17, 15) is 9.18 Å². The lowest BCUT2D eigenvalue weighted by Crippen LogP contribution is -2.52. The zero-order valence-corrected chi connectivity index (χ0v) is 17.5. The minimum Gasteiger partial charge on any atom is -0.435 e. The number of nitrogens with two attached hydrogens (primary N) is 1. The fourth-order valence-corrected chi connectivity index (χ4v) is 4.71. The number of fused-ring (bicyclic) bond motifs is 3. The first-order valence-corrected chi connectivity index (χ1v) is 10.4. The Balaban J connectivity index is 1.28. The van der Waals surface area contributed by atoms with E-state index in [0.29, 0.717) is 22.6 Å². The molecule has 2 bridgehead atoms. The van der Waals surface area contributed by atoms with Gasteiger partial charge in [0, 0.05) is 31.4 Å². The number of rotatable bonds is 5. The summed E-state index contributed by atoms with van der Waals surface area (Å²) in [4.78, 5) is 28.3. The van der Waals surface area contributed by atoms with Crippen molar-refractivity contribution in [3.63, 3.8) is 0 Å². The maximum absolute atomic E-state index is 14.8. The van der Waals surface area contributed by atoms with Crippen LogP contribution in [0.4, 0.5) is 4.39 Å². The van der Waals surface area contributed by atoms with Crippen molar-refractivity contribution in [1.29, 1.82) is 0 Å². The second kappa shape index (κ2) is 7.58. The number of likely N-dealkylation sites (N-methyl/N-ethyl adjacent to an activating group) is 1. The first kappa shape index (κ1) is 19.9. The number of H-pyrrole nitrogens is 1. The number of ether oxygens (including phenoxy) is 1. The number of halogens is 1. The molecule has 0 saturated carbocycles. The SMILES string of the molecule is Cc1c[nH]c2ncnc(Oc3ccc(CC(N)C(=O)N4C[C@@H]5C[C@H]4CN5C)cc3F)c12. The minimum atomic E-state index is -0.695. The number of carbonyl (C=O) groups is 1. The lowest BCUT2D eigenvalue weighted by molar-refractivity contribution is -0.134. The highest BCUT2D eigenvalue weighted by Crippen LogP contribution is 2.32. The molecular formula is C22H25FN6O2. The largest absolute Gasteiger partial charge is 0.435 e. The van der Waals surface area contributed by atoms with Crippen molar-refractivity contribution in [2.24, 2.45) is 5.73 Å². The summed E-state index contributed by atoms with van der Waals surface area (Å²) in [6.07, 6.45) is 4.45. The Bertz CT molecular complexity index is 1150. The second-order valence-corrected chi connectivity index (χ2v) is 8.53. The number of nitrogens with zero attached hydrogens (tertiary/aromatic N) is 4. The van der Waals surface area contributed by atoms with E-state index in [4.69, 9.17) is 10.5 Å². The van der Waals surface area contributed by atoms with Gasteiger partial charge in [0.15, 0.2) is 11.6 Å². The third kappa shape index (κ3) is 3.53. The molecule has 4 heterocycles. The fourth-order valence-electron chi connectivity index (χ4n) is 4.71. The second-order valence-electron chi connectivity index (χ2n) is 8.53. The minimum absolute atomic E-state index is 0.0594. The van der Waals surface area contributed by atoms with Crippen molar-refractivity contribution in [3.8, 4) is 11.6 Å². The molecular weight excluding hydrogens is 399 g/mol. The van der Waals surface area contributed by atoms with Gasteiger partial charge in [-0.05, 0) is 50.1 Å². The average molecular weight is 424 g/mol. The molecule has 3 N–H and O–H groups in total. The number of hydrogen-bond acceptors (Lipinski definition) is 6. The van der Waals surface area contributed by atoms with Gasteiger partial charge in [-0.15, -0.1) is 0 Å². The van der Waals surface area contributed by atoms with Gasteiger partial charge in [-0.2, -0.15) is 0 Å². The summed E-state index contributed by atoms with van der Waals surface area (Å²) < 4.78 is 20.5. The predicted octanol–water partition coefficient (Wildman–Crippen LogP) is 1.98. The maximum Gasteiger partial charge on any atom is 0.240 e. The van der Waals surface area contributed by atoms with Crippen molar-refractivity contribution < 1.29 is 13.9 Å². The number of aromatic amines is 1. The number of amides is 1. The summed E-state index contributed by atoms with van der Waals surface area (Å²) in [6, 6.07) is 4.62. The molecule has 1 aromatic carbocycles. The molecule has 0 radical (unpaired) electrons. The van der Waals surface area contributed by atoms with Gasteiger partial charge >= 0.3 is 0 Å². The van der Waals surface area contributed by atoms with Crippen molar-refractivity contribution in [2.45, 2.75) is 37.9 Å². The third-order valence-corrected chi connectivity index (χ3v) is 6.41. The zero-order chi connectivity index (χ0) is 21.7. The van der Waals surface area contributed by atoms with Crippen LogP contribution in [-0.4, -0.2) is 68.9 Å². The van der Waals surface area contributed by atoms with E-state index >= 15 is 0 Å². The van der Waals surface area contributed by atoms with Crippen LogP contribution in [0.1, 0.15) is 17.5 Å². The van der Waals surface area contributed by atoms with Gasteiger partial charge < -0.3 is 20.4 Å². The van der Waals surface area contributed by atoms with Crippen LogP contribution in [0.2, 0.25) is 0 Å². The molecule has 1 unspecified atom stereocenters. The van der Waals surface area contributed by atoms with E-state index < -0.39 is 11.9 Å². The van der Waals surface area contributed by atoms with Gasteiger partial charge in [-0.3, -0.25) is 9.69 Å². The molecule has 8 nitrogen and oxygen atoms in total. The topological polar surface area (TPSA) is 100 Å². The molecule has 2 aliphatic rings. The van der Waals surface area contributed by atoms with Crippen LogP contribution in [0.15, 0.2) is 30.7 Å². The van der Waals surface area contributed by atoms with Gasteiger partial charge in [-0.1, -0.05) is 6.07 Å². The Morgan fingerprint density at radius 1 is 1.35 bits per heavy atom. The van der Waals surface area contributed by atoms with Crippen LogP contribution >= 0.6 is 0 Å². The summed E-state index contributed by atoms with van der Waals surface area (Å²) in [5.41, 5.74) is 8.39. The van der Waals surface area contributed by atoms with Crippen LogP contribution in [0.3, 0.4) is 0 Å². The third-order valence-electron chi connectivity index (χ3n) is 6.41. The van der Waals surface area contributed by atoms with Crippen molar-refractivity contribution in [2.75, 3.05) is 20.1 Å². The summed E-state index contributed by atoms with van der Waals surface area (Å²) >= 11 is 0. The van der Waals surface area contributed by atoms with Crippen LogP contribution in [0, 0.1) is 12.7 Å². The Hall–Kier alpha value is -3.04. The van der Waals surface area contributed by atoms with Crippen LogP contribution < -0.4 is 10.5 Å². The Morgan fingerprint density at radius 2 is 2.19 bits per heavy atom. The number of likely N-dealkylation sites (tertiary alicyclic amines) is 2. The van der Waals surface area contributed by atoms with Crippen molar-refractivity contribution >= 4 is 16.9 Å². The van der Waals surface area contributed by atoms with Crippen molar-refractivity contribution in [1.82, 2.24) is 24.8 Å². The molecule has 0 aliphatic carbocycles. The highest BCUT2D eigenvalue weighted by molar-refractivity contribution is 5.84. The number of aryl methyl sites for hydroxylation is 1. The van der Waals surface area contributed by atoms with Gasteiger partial charge in [-0.25, -0.2) is 14.4 Å². The highest BCUT2D eigenvalue weighted by atomic mass is 19.1. The molecule has 2 saturated heterocycles. The fraction of sp³-hybridized carbons (Fsp3) is 0.409. The molecule has 2 aliphatic heterocycles. The first-order valence-electron chi connectivity index (χ1n) is 10.4. The van der Waals surface area contributed by atoms with E-state index in [1.807, 2.05) is 11.8 Å². The Labute approximate surface area is 179 Å². The lowest BCUT2D eigenvalue weighted by atomic mass is 10.0.